The van der Waals surface area contributed by atoms with Crippen LogP contribution >= 0.6 is 0 Å². The van der Waals surface area contributed by atoms with Gasteiger partial charge in [0.25, 0.3) is 5.91 Å². The Morgan fingerprint density at radius 2 is 1.85 bits per heavy atom. The first kappa shape index (κ1) is 15.7. The molecule has 0 aromatic heterocycles. The Morgan fingerprint density at radius 1 is 1.30 bits per heavy atom. The molecular formula is C12H22N2O5S. The molecule has 1 amide bonds. The molecule has 116 valence electrons. The number of hydrogen-bond donors (Lipinski definition) is 2. The Labute approximate surface area is 119 Å². The second kappa shape index (κ2) is 5.97. The van der Waals surface area contributed by atoms with Crippen LogP contribution in [-0.4, -0.2) is 54.9 Å². The van der Waals surface area contributed by atoms with E-state index in [2.05, 4.69) is 6.92 Å². The minimum atomic E-state index is -3.80. The van der Waals surface area contributed by atoms with E-state index < -0.39 is 20.7 Å². The van der Waals surface area contributed by atoms with E-state index in [4.69, 9.17) is 9.94 Å². The molecule has 0 atom stereocenters. The van der Waals surface area contributed by atoms with E-state index in [1.165, 1.54) is 9.79 Å². The molecule has 2 heterocycles. The van der Waals surface area contributed by atoms with Crippen molar-refractivity contribution in [3.05, 3.63) is 0 Å². The number of amides is 1. The van der Waals surface area contributed by atoms with E-state index in [0.717, 1.165) is 12.8 Å². The maximum absolute atomic E-state index is 12.9. The number of carbonyl (C=O) groups excluding carboxylic acids is 1. The Morgan fingerprint density at radius 3 is 2.35 bits per heavy atom. The van der Waals surface area contributed by atoms with Crippen molar-refractivity contribution in [3.63, 3.8) is 0 Å². The van der Waals surface area contributed by atoms with Gasteiger partial charge in [-0.3, -0.25) is 10.0 Å². The van der Waals surface area contributed by atoms with Gasteiger partial charge in [-0.25, -0.2) is 18.2 Å². The van der Waals surface area contributed by atoms with Crippen molar-refractivity contribution in [2.45, 2.75) is 37.4 Å². The summed E-state index contributed by atoms with van der Waals surface area (Å²) in [6.45, 7) is 3.37. The van der Waals surface area contributed by atoms with Crippen LogP contribution in [0.2, 0.25) is 0 Å². The fourth-order valence-corrected chi connectivity index (χ4v) is 5.03. The summed E-state index contributed by atoms with van der Waals surface area (Å²) >= 11 is 0. The maximum Gasteiger partial charge on any atom is 0.266 e. The molecule has 20 heavy (non-hydrogen) atoms. The average molecular weight is 306 g/mol. The van der Waals surface area contributed by atoms with Crippen molar-refractivity contribution < 1.29 is 23.2 Å². The molecule has 2 saturated heterocycles. The first-order valence-electron chi connectivity index (χ1n) is 6.96. The van der Waals surface area contributed by atoms with Crippen LogP contribution in [0, 0.1) is 5.92 Å². The Hall–Kier alpha value is -0.700. The van der Waals surface area contributed by atoms with Gasteiger partial charge in [-0.2, -0.15) is 0 Å². The largest absolute Gasteiger partial charge is 0.381 e. The van der Waals surface area contributed by atoms with Crippen molar-refractivity contribution in [1.29, 1.82) is 0 Å². The predicted octanol–water partition coefficient (Wildman–Crippen LogP) is 0.103. The topological polar surface area (TPSA) is 95.9 Å². The predicted molar refractivity (Wildman–Crippen MR) is 71.6 cm³/mol. The summed E-state index contributed by atoms with van der Waals surface area (Å²) in [6.07, 6.45) is 1.75. The Bertz CT molecular complexity index is 450. The summed E-state index contributed by atoms with van der Waals surface area (Å²) in [5.41, 5.74) is 1.53. The van der Waals surface area contributed by atoms with Gasteiger partial charge in [0.2, 0.25) is 10.0 Å². The first-order chi connectivity index (χ1) is 9.44. The van der Waals surface area contributed by atoms with Crippen LogP contribution in [0.1, 0.15) is 32.6 Å². The normalized spacial score (nSPS) is 25.3. The molecular weight excluding hydrogens is 284 g/mol. The molecule has 2 aliphatic rings. The van der Waals surface area contributed by atoms with Crippen LogP contribution in [0.3, 0.4) is 0 Å². The summed E-state index contributed by atoms with van der Waals surface area (Å²) in [6, 6.07) is 0. The minimum absolute atomic E-state index is 0.0772. The average Bonchev–Trinajstić information content (AvgIpc) is 2.47. The third-order valence-corrected chi connectivity index (χ3v) is 7.02. The van der Waals surface area contributed by atoms with Gasteiger partial charge in [0.15, 0.2) is 4.75 Å². The second-order valence-electron chi connectivity index (χ2n) is 5.63. The lowest BCUT2D eigenvalue weighted by Gasteiger charge is -2.40. The van der Waals surface area contributed by atoms with Crippen LogP contribution in [0.5, 0.6) is 0 Å². The number of ether oxygens (including phenoxy) is 1. The van der Waals surface area contributed by atoms with Gasteiger partial charge in [0.1, 0.15) is 0 Å². The number of nitrogens with zero attached hydrogens (tertiary/aromatic N) is 1. The zero-order valence-corrected chi connectivity index (χ0v) is 12.5. The molecule has 0 spiro atoms. The molecule has 0 aliphatic carbocycles. The van der Waals surface area contributed by atoms with Crippen molar-refractivity contribution in [1.82, 2.24) is 9.79 Å². The highest BCUT2D eigenvalue weighted by Crippen LogP contribution is 2.34. The molecule has 0 radical (unpaired) electrons. The van der Waals surface area contributed by atoms with Crippen molar-refractivity contribution in [3.8, 4) is 0 Å². The van der Waals surface area contributed by atoms with E-state index >= 15 is 0 Å². The van der Waals surface area contributed by atoms with E-state index in [-0.39, 0.29) is 26.1 Å². The highest BCUT2D eigenvalue weighted by atomic mass is 32.2. The summed E-state index contributed by atoms with van der Waals surface area (Å²) in [5, 5.41) is 8.93. The number of piperidine rings is 1. The number of rotatable bonds is 3. The Balaban J connectivity index is 2.29. The molecule has 0 unspecified atom stereocenters. The quantitative estimate of drug-likeness (QED) is 0.569. The molecule has 2 rings (SSSR count). The SMILES string of the molecule is CC1CCN(S(=O)(=O)C2(C(=O)NO)CCOCC2)CC1. The second-order valence-corrected chi connectivity index (χ2v) is 7.88. The van der Waals surface area contributed by atoms with Gasteiger partial charge in [0, 0.05) is 39.1 Å². The van der Waals surface area contributed by atoms with Gasteiger partial charge in [-0.1, -0.05) is 6.92 Å². The molecule has 0 aromatic carbocycles. The van der Waals surface area contributed by atoms with E-state index in [1.807, 2.05) is 0 Å². The number of hydroxylamine groups is 1. The third kappa shape index (κ3) is 2.57. The molecule has 2 aliphatic heterocycles. The number of nitrogens with one attached hydrogen (secondary N) is 1. The van der Waals surface area contributed by atoms with Crippen LogP contribution < -0.4 is 5.48 Å². The monoisotopic (exact) mass is 306 g/mol. The number of sulfonamides is 1. The maximum atomic E-state index is 12.9. The molecule has 2 N–H and O–H groups in total. The van der Waals surface area contributed by atoms with Crippen LogP contribution in [0.25, 0.3) is 0 Å². The smallest absolute Gasteiger partial charge is 0.266 e. The van der Waals surface area contributed by atoms with Gasteiger partial charge in [-0.05, 0) is 18.8 Å². The molecule has 0 bridgehead atoms. The van der Waals surface area contributed by atoms with Gasteiger partial charge >= 0.3 is 0 Å². The zero-order valence-electron chi connectivity index (χ0n) is 11.7. The van der Waals surface area contributed by atoms with Gasteiger partial charge in [-0.15, -0.1) is 0 Å². The lowest BCUT2D eigenvalue weighted by molar-refractivity contribution is -0.134. The lowest BCUT2D eigenvalue weighted by atomic mass is 9.98. The lowest BCUT2D eigenvalue weighted by Crippen LogP contribution is -2.60. The fraction of sp³-hybridized carbons (Fsp3) is 0.917. The Kier molecular flexibility index (Phi) is 4.68. The van der Waals surface area contributed by atoms with Crippen molar-refractivity contribution >= 4 is 15.9 Å². The van der Waals surface area contributed by atoms with Crippen LogP contribution in [-0.2, 0) is 19.6 Å². The van der Waals surface area contributed by atoms with Gasteiger partial charge in [0.05, 0.1) is 0 Å². The fourth-order valence-electron chi connectivity index (χ4n) is 2.88. The van der Waals surface area contributed by atoms with Crippen LogP contribution in [0.4, 0.5) is 0 Å². The zero-order chi connectivity index (χ0) is 14.8. The van der Waals surface area contributed by atoms with Crippen molar-refractivity contribution in [2.24, 2.45) is 5.92 Å². The van der Waals surface area contributed by atoms with Crippen molar-refractivity contribution in [2.75, 3.05) is 26.3 Å². The minimum Gasteiger partial charge on any atom is -0.381 e. The molecule has 2 fully saturated rings. The van der Waals surface area contributed by atoms with Gasteiger partial charge < -0.3 is 4.74 Å². The summed E-state index contributed by atoms with van der Waals surface area (Å²) in [4.78, 5) is 12.0. The number of carbonyl (C=O) groups is 1. The summed E-state index contributed by atoms with van der Waals surface area (Å²) in [7, 11) is -3.80. The standard InChI is InChI=1S/C12H22N2O5S/c1-10-2-6-14(7-3-10)20(17,18)12(11(15)13-16)4-8-19-9-5-12/h10,16H,2-9H2,1H3,(H,13,15). The first-order valence-corrected chi connectivity index (χ1v) is 8.40. The van der Waals surface area contributed by atoms with Crippen LogP contribution in [0.15, 0.2) is 0 Å². The summed E-state index contributed by atoms with van der Waals surface area (Å²) < 4.78 is 30.7. The summed E-state index contributed by atoms with van der Waals surface area (Å²) in [5.74, 6) is -0.349. The molecule has 8 heteroatoms. The highest BCUT2D eigenvalue weighted by molar-refractivity contribution is 7.91. The molecule has 7 nitrogen and oxygen atoms in total. The highest BCUT2D eigenvalue weighted by Gasteiger charge is 2.54. The van der Waals surface area contributed by atoms with E-state index in [9.17, 15) is 13.2 Å². The third-order valence-electron chi connectivity index (χ3n) is 4.39. The molecule has 0 saturated carbocycles. The number of hydrogen-bond acceptors (Lipinski definition) is 5. The van der Waals surface area contributed by atoms with E-state index in [0.29, 0.717) is 19.0 Å². The van der Waals surface area contributed by atoms with E-state index in [1.54, 1.807) is 0 Å². The molecule has 0 aromatic rings.